The molecule has 5 nitrogen and oxygen atoms in total. The topological polar surface area (TPSA) is 63.2 Å². The van der Waals surface area contributed by atoms with Gasteiger partial charge in [-0.3, -0.25) is 9.78 Å². The molecule has 19 heavy (non-hydrogen) atoms. The minimum atomic E-state index is -0.143. The lowest BCUT2D eigenvalue weighted by molar-refractivity contribution is 0.0943. The van der Waals surface area contributed by atoms with Crippen LogP contribution in [0, 0.1) is 0 Å². The molecule has 0 atom stereocenters. The van der Waals surface area contributed by atoms with Gasteiger partial charge >= 0.3 is 0 Å². The van der Waals surface area contributed by atoms with Crippen LogP contribution in [-0.2, 0) is 4.74 Å². The SMILES string of the molecule is CCCCNc1ccnc(C(=O)NCCCOC)c1. The van der Waals surface area contributed by atoms with Crippen LogP contribution in [0.4, 0.5) is 5.69 Å². The Hall–Kier alpha value is -1.62. The summed E-state index contributed by atoms with van der Waals surface area (Å²) >= 11 is 0. The fourth-order valence-electron chi connectivity index (χ4n) is 1.58. The first-order valence-electron chi connectivity index (χ1n) is 6.75. The third kappa shape index (κ3) is 6.20. The molecule has 2 N–H and O–H groups in total. The summed E-state index contributed by atoms with van der Waals surface area (Å²) in [4.78, 5) is 15.9. The first kappa shape index (κ1) is 15.4. The summed E-state index contributed by atoms with van der Waals surface area (Å²) in [6.45, 7) is 4.30. The molecule has 0 aliphatic carbocycles. The maximum Gasteiger partial charge on any atom is 0.269 e. The number of ether oxygens (including phenoxy) is 1. The average molecular weight is 265 g/mol. The van der Waals surface area contributed by atoms with E-state index in [0.717, 1.165) is 31.5 Å². The Kier molecular flexibility index (Phi) is 7.58. The molecule has 1 aromatic rings. The first-order chi connectivity index (χ1) is 9.27. The van der Waals surface area contributed by atoms with Crippen LogP contribution in [0.3, 0.4) is 0 Å². The average Bonchev–Trinajstić information content (AvgIpc) is 2.44. The van der Waals surface area contributed by atoms with Crippen LogP contribution in [0.25, 0.3) is 0 Å². The van der Waals surface area contributed by atoms with Gasteiger partial charge in [-0.05, 0) is 25.0 Å². The molecule has 1 rings (SSSR count). The van der Waals surface area contributed by atoms with Crippen LogP contribution in [0.5, 0.6) is 0 Å². The maximum atomic E-state index is 11.8. The quantitative estimate of drug-likeness (QED) is 0.671. The van der Waals surface area contributed by atoms with Crippen LogP contribution in [0.1, 0.15) is 36.7 Å². The molecule has 0 aliphatic heterocycles. The van der Waals surface area contributed by atoms with Crippen LogP contribution in [0.15, 0.2) is 18.3 Å². The van der Waals surface area contributed by atoms with E-state index in [0.29, 0.717) is 18.8 Å². The molecular formula is C14H23N3O2. The van der Waals surface area contributed by atoms with E-state index in [1.807, 2.05) is 6.07 Å². The van der Waals surface area contributed by atoms with Crippen molar-refractivity contribution in [1.29, 1.82) is 0 Å². The number of carbonyl (C=O) groups is 1. The molecular weight excluding hydrogens is 242 g/mol. The molecule has 5 heteroatoms. The van der Waals surface area contributed by atoms with Gasteiger partial charge in [-0.25, -0.2) is 0 Å². The smallest absolute Gasteiger partial charge is 0.269 e. The number of pyridine rings is 1. The van der Waals surface area contributed by atoms with E-state index in [9.17, 15) is 4.79 Å². The zero-order valence-corrected chi connectivity index (χ0v) is 11.7. The number of carbonyl (C=O) groups excluding carboxylic acids is 1. The van der Waals surface area contributed by atoms with E-state index in [-0.39, 0.29) is 5.91 Å². The standard InChI is InChI=1S/C14H23N3O2/c1-3-4-7-15-12-6-9-16-13(11-12)14(18)17-8-5-10-19-2/h6,9,11H,3-5,7-8,10H2,1-2H3,(H,15,16)(H,17,18). The number of hydrogen-bond donors (Lipinski definition) is 2. The molecule has 0 aromatic carbocycles. The number of anilines is 1. The summed E-state index contributed by atoms with van der Waals surface area (Å²) in [5.41, 5.74) is 1.38. The predicted octanol–water partition coefficient (Wildman–Crippen LogP) is 2.06. The number of methoxy groups -OCH3 is 1. The Bertz CT molecular complexity index is 383. The Balaban J connectivity index is 2.43. The molecule has 0 bridgehead atoms. The van der Waals surface area contributed by atoms with Gasteiger partial charge in [-0.15, -0.1) is 0 Å². The highest BCUT2D eigenvalue weighted by molar-refractivity contribution is 5.93. The number of rotatable bonds is 9. The summed E-state index contributed by atoms with van der Waals surface area (Å²) in [5, 5.41) is 6.10. The second-order valence-corrected chi connectivity index (χ2v) is 4.31. The molecule has 106 valence electrons. The molecule has 0 saturated carbocycles. The van der Waals surface area contributed by atoms with E-state index in [1.165, 1.54) is 0 Å². The normalized spacial score (nSPS) is 10.2. The van der Waals surface area contributed by atoms with Crippen molar-refractivity contribution in [2.75, 3.05) is 32.1 Å². The minimum absolute atomic E-state index is 0.143. The lowest BCUT2D eigenvalue weighted by Gasteiger charge is -2.08. The van der Waals surface area contributed by atoms with Gasteiger partial charge in [0.25, 0.3) is 5.91 Å². The van der Waals surface area contributed by atoms with Gasteiger partial charge in [0.1, 0.15) is 5.69 Å². The van der Waals surface area contributed by atoms with Gasteiger partial charge in [0.2, 0.25) is 0 Å². The van der Waals surface area contributed by atoms with E-state index in [4.69, 9.17) is 4.74 Å². The molecule has 1 aromatic heterocycles. The first-order valence-corrected chi connectivity index (χ1v) is 6.75. The summed E-state index contributed by atoms with van der Waals surface area (Å²) in [6, 6.07) is 3.65. The van der Waals surface area contributed by atoms with Crippen molar-refractivity contribution in [3.8, 4) is 0 Å². The van der Waals surface area contributed by atoms with Crippen molar-refractivity contribution in [3.63, 3.8) is 0 Å². The molecule has 1 amide bonds. The van der Waals surface area contributed by atoms with Crippen molar-refractivity contribution >= 4 is 11.6 Å². The zero-order chi connectivity index (χ0) is 13.9. The van der Waals surface area contributed by atoms with Crippen LogP contribution in [-0.4, -0.2) is 37.7 Å². The van der Waals surface area contributed by atoms with Crippen LogP contribution < -0.4 is 10.6 Å². The Labute approximate surface area is 114 Å². The molecule has 1 heterocycles. The number of hydrogen-bond acceptors (Lipinski definition) is 4. The van der Waals surface area contributed by atoms with Gasteiger partial charge in [0.15, 0.2) is 0 Å². The molecule has 0 saturated heterocycles. The summed E-state index contributed by atoms with van der Waals surface area (Å²) in [7, 11) is 1.65. The Morgan fingerprint density at radius 3 is 2.95 bits per heavy atom. The summed E-state index contributed by atoms with van der Waals surface area (Å²) in [6.07, 6.45) is 4.71. The van der Waals surface area contributed by atoms with E-state index < -0.39 is 0 Å². The minimum Gasteiger partial charge on any atom is -0.385 e. The Morgan fingerprint density at radius 1 is 1.37 bits per heavy atom. The van der Waals surface area contributed by atoms with Gasteiger partial charge < -0.3 is 15.4 Å². The fourth-order valence-corrected chi connectivity index (χ4v) is 1.58. The number of amides is 1. The molecule has 0 aliphatic rings. The van der Waals surface area contributed by atoms with E-state index in [2.05, 4.69) is 22.5 Å². The van der Waals surface area contributed by atoms with Gasteiger partial charge in [0.05, 0.1) is 0 Å². The highest BCUT2D eigenvalue weighted by atomic mass is 16.5. The number of aromatic nitrogens is 1. The monoisotopic (exact) mass is 265 g/mol. The molecule has 0 unspecified atom stereocenters. The molecule has 0 radical (unpaired) electrons. The lowest BCUT2D eigenvalue weighted by Crippen LogP contribution is -2.26. The number of unbranched alkanes of at least 4 members (excludes halogenated alkanes) is 1. The van der Waals surface area contributed by atoms with Gasteiger partial charge in [0, 0.05) is 38.7 Å². The Morgan fingerprint density at radius 2 is 2.21 bits per heavy atom. The van der Waals surface area contributed by atoms with Crippen LogP contribution >= 0.6 is 0 Å². The van der Waals surface area contributed by atoms with Crippen molar-refractivity contribution in [2.45, 2.75) is 26.2 Å². The molecule has 0 fully saturated rings. The zero-order valence-electron chi connectivity index (χ0n) is 11.7. The van der Waals surface area contributed by atoms with E-state index in [1.54, 1.807) is 19.4 Å². The highest BCUT2D eigenvalue weighted by Crippen LogP contribution is 2.08. The number of nitrogens with zero attached hydrogens (tertiary/aromatic N) is 1. The van der Waals surface area contributed by atoms with Crippen molar-refractivity contribution in [2.24, 2.45) is 0 Å². The largest absolute Gasteiger partial charge is 0.385 e. The summed E-state index contributed by atoms with van der Waals surface area (Å²) < 4.78 is 4.93. The predicted molar refractivity (Wildman–Crippen MR) is 76.5 cm³/mol. The van der Waals surface area contributed by atoms with Gasteiger partial charge in [-0.2, -0.15) is 0 Å². The number of nitrogens with one attached hydrogen (secondary N) is 2. The summed E-state index contributed by atoms with van der Waals surface area (Å²) in [5.74, 6) is -0.143. The lowest BCUT2D eigenvalue weighted by atomic mass is 10.2. The second-order valence-electron chi connectivity index (χ2n) is 4.31. The molecule has 0 spiro atoms. The van der Waals surface area contributed by atoms with E-state index >= 15 is 0 Å². The van der Waals surface area contributed by atoms with Crippen molar-refractivity contribution in [3.05, 3.63) is 24.0 Å². The second kappa shape index (κ2) is 9.33. The van der Waals surface area contributed by atoms with Crippen LogP contribution in [0.2, 0.25) is 0 Å². The third-order valence-electron chi connectivity index (χ3n) is 2.66. The third-order valence-corrected chi connectivity index (χ3v) is 2.66. The van der Waals surface area contributed by atoms with Crippen molar-refractivity contribution < 1.29 is 9.53 Å². The fraction of sp³-hybridized carbons (Fsp3) is 0.571. The highest BCUT2D eigenvalue weighted by Gasteiger charge is 2.06. The maximum absolute atomic E-state index is 11.8. The van der Waals surface area contributed by atoms with Gasteiger partial charge in [-0.1, -0.05) is 13.3 Å². The van der Waals surface area contributed by atoms with Crippen molar-refractivity contribution in [1.82, 2.24) is 10.3 Å².